The van der Waals surface area contributed by atoms with Crippen molar-refractivity contribution in [1.82, 2.24) is 0 Å². The van der Waals surface area contributed by atoms with Gasteiger partial charge in [0.1, 0.15) is 0 Å². The van der Waals surface area contributed by atoms with Crippen molar-refractivity contribution >= 4 is 0 Å². The summed E-state index contributed by atoms with van der Waals surface area (Å²) in [6.45, 7) is 2.35. The van der Waals surface area contributed by atoms with Crippen molar-refractivity contribution < 1.29 is 0 Å². The van der Waals surface area contributed by atoms with Crippen LogP contribution in [0.3, 0.4) is 0 Å². The topological polar surface area (TPSA) is 0 Å². The van der Waals surface area contributed by atoms with E-state index in [0.29, 0.717) is 0 Å². The monoisotopic (exact) mass is 138 g/mol. The van der Waals surface area contributed by atoms with Gasteiger partial charge in [-0.2, -0.15) is 0 Å². The maximum absolute atomic E-state index is 2.35. The predicted octanol–water partition coefficient (Wildman–Crippen LogP) is 3.22. The summed E-state index contributed by atoms with van der Waals surface area (Å²) in [6.07, 6.45) is 9.23. The highest BCUT2D eigenvalue weighted by Crippen LogP contribution is 2.47. The molecule has 0 heterocycles. The Labute approximate surface area is 64.0 Å². The molecule has 0 saturated heterocycles. The Balaban J connectivity index is 1.94. The van der Waals surface area contributed by atoms with E-state index in [1.54, 1.807) is 25.7 Å². The second-order valence-corrected chi connectivity index (χ2v) is 4.20. The van der Waals surface area contributed by atoms with Gasteiger partial charge in [-0.1, -0.05) is 32.6 Å². The molecule has 2 fully saturated rings. The van der Waals surface area contributed by atoms with Crippen molar-refractivity contribution in [3.8, 4) is 0 Å². The number of hydrogen-bond acceptors (Lipinski definition) is 0. The molecule has 2 saturated carbocycles. The summed E-state index contributed by atoms with van der Waals surface area (Å²) in [5, 5.41) is 0. The molecular weight excluding hydrogens is 120 g/mol. The lowest BCUT2D eigenvalue weighted by Gasteiger charge is -2.05. The Bertz CT molecular complexity index is 105. The van der Waals surface area contributed by atoms with Crippen LogP contribution in [0.25, 0.3) is 0 Å². The van der Waals surface area contributed by atoms with Gasteiger partial charge in [0.2, 0.25) is 0 Å². The van der Waals surface area contributed by atoms with Crippen molar-refractivity contribution in [3.05, 3.63) is 0 Å². The van der Waals surface area contributed by atoms with Crippen molar-refractivity contribution in [3.63, 3.8) is 0 Å². The maximum atomic E-state index is 2.35. The summed E-state index contributed by atoms with van der Waals surface area (Å²) in [7, 11) is 0. The third kappa shape index (κ3) is 0.980. The van der Waals surface area contributed by atoms with E-state index < -0.39 is 0 Å². The highest BCUT2D eigenvalue weighted by Gasteiger charge is 2.35. The van der Waals surface area contributed by atoms with E-state index in [-0.39, 0.29) is 0 Å². The molecule has 0 nitrogen and oxygen atoms in total. The SMILES string of the molecule is CCC1CC2CCCC2C1. The summed E-state index contributed by atoms with van der Waals surface area (Å²) in [5.41, 5.74) is 0. The third-order valence-corrected chi connectivity index (χ3v) is 3.67. The molecule has 0 aliphatic heterocycles. The second kappa shape index (κ2) is 2.56. The minimum absolute atomic E-state index is 1.11. The molecular formula is C10H18. The Morgan fingerprint density at radius 3 is 2.20 bits per heavy atom. The molecule has 58 valence electrons. The second-order valence-electron chi connectivity index (χ2n) is 4.20. The molecule has 0 spiro atoms. The fraction of sp³-hybridized carbons (Fsp3) is 1.00. The van der Waals surface area contributed by atoms with Crippen LogP contribution in [0.1, 0.15) is 45.4 Å². The van der Waals surface area contributed by atoms with Crippen LogP contribution in [0.4, 0.5) is 0 Å². The van der Waals surface area contributed by atoms with Gasteiger partial charge in [-0.15, -0.1) is 0 Å². The number of fused-ring (bicyclic) bond motifs is 1. The molecule has 0 bridgehead atoms. The lowest BCUT2D eigenvalue weighted by atomic mass is 10.0. The first-order valence-corrected chi connectivity index (χ1v) is 4.90. The van der Waals surface area contributed by atoms with E-state index in [0.717, 1.165) is 17.8 Å². The summed E-state index contributed by atoms with van der Waals surface area (Å²) in [5.74, 6) is 3.42. The Morgan fingerprint density at radius 1 is 1.10 bits per heavy atom. The molecule has 0 N–H and O–H groups in total. The highest BCUT2D eigenvalue weighted by molar-refractivity contribution is 4.87. The molecule has 0 aromatic heterocycles. The van der Waals surface area contributed by atoms with Crippen LogP contribution in [0.5, 0.6) is 0 Å². The molecule has 0 aromatic carbocycles. The smallest absolute Gasteiger partial charge is 0.0383 e. The highest BCUT2D eigenvalue weighted by atomic mass is 14.4. The van der Waals surface area contributed by atoms with Gasteiger partial charge in [-0.3, -0.25) is 0 Å². The van der Waals surface area contributed by atoms with Crippen LogP contribution in [0.15, 0.2) is 0 Å². The lowest BCUT2D eigenvalue weighted by molar-refractivity contribution is 0.457. The molecule has 0 aromatic rings. The van der Waals surface area contributed by atoms with E-state index in [1.807, 2.05) is 0 Å². The average molecular weight is 138 g/mol. The van der Waals surface area contributed by atoms with Crippen LogP contribution in [-0.2, 0) is 0 Å². The van der Waals surface area contributed by atoms with Crippen LogP contribution in [0, 0.1) is 17.8 Å². The minimum Gasteiger partial charge on any atom is -0.0651 e. The van der Waals surface area contributed by atoms with Gasteiger partial charge < -0.3 is 0 Å². The van der Waals surface area contributed by atoms with Gasteiger partial charge in [0.05, 0.1) is 0 Å². The van der Waals surface area contributed by atoms with E-state index in [1.165, 1.54) is 12.8 Å². The molecule has 10 heavy (non-hydrogen) atoms. The first-order valence-electron chi connectivity index (χ1n) is 4.90. The van der Waals surface area contributed by atoms with E-state index in [4.69, 9.17) is 0 Å². The summed E-state index contributed by atoms with van der Waals surface area (Å²) in [4.78, 5) is 0. The van der Waals surface area contributed by atoms with Gasteiger partial charge in [0, 0.05) is 0 Å². The first kappa shape index (κ1) is 6.69. The van der Waals surface area contributed by atoms with Crippen molar-refractivity contribution in [2.45, 2.75) is 45.4 Å². The standard InChI is InChI=1S/C10H18/c1-2-8-6-9-4-3-5-10(9)7-8/h8-10H,2-7H2,1H3. The fourth-order valence-corrected chi connectivity index (χ4v) is 3.02. The molecule has 2 aliphatic carbocycles. The average Bonchev–Trinajstić information content (AvgIpc) is 2.42. The largest absolute Gasteiger partial charge is 0.0651 e. The molecule has 0 heteroatoms. The zero-order valence-electron chi connectivity index (χ0n) is 6.97. The maximum Gasteiger partial charge on any atom is -0.0383 e. The number of rotatable bonds is 1. The fourth-order valence-electron chi connectivity index (χ4n) is 3.02. The van der Waals surface area contributed by atoms with Crippen LogP contribution in [-0.4, -0.2) is 0 Å². The molecule has 2 rings (SSSR count). The zero-order valence-corrected chi connectivity index (χ0v) is 6.97. The van der Waals surface area contributed by atoms with Gasteiger partial charge in [-0.05, 0) is 30.6 Å². The van der Waals surface area contributed by atoms with Gasteiger partial charge in [-0.25, -0.2) is 0 Å². The summed E-state index contributed by atoms with van der Waals surface area (Å²) >= 11 is 0. The normalized spacial score (nSPS) is 45.9. The molecule has 2 atom stereocenters. The zero-order chi connectivity index (χ0) is 6.97. The first-order chi connectivity index (χ1) is 4.90. The minimum atomic E-state index is 1.11. The Kier molecular flexibility index (Phi) is 1.71. The van der Waals surface area contributed by atoms with E-state index >= 15 is 0 Å². The van der Waals surface area contributed by atoms with E-state index in [9.17, 15) is 0 Å². The summed E-state index contributed by atoms with van der Waals surface area (Å²) in [6, 6.07) is 0. The molecule has 0 radical (unpaired) electrons. The predicted molar refractivity (Wildman–Crippen MR) is 43.8 cm³/mol. The van der Waals surface area contributed by atoms with Crippen molar-refractivity contribution in [1.29, 1.82) is 0 Å². The Morgan fingerprint density at radius 2 is 1.70 bits per heavy atom. The van der Waals surface area contributed by atoms with Gasteiger partial charge in [0.15, 0.2) is 0 Å². The van der Waals surface area contributed by atoms with Crippen LogP contribution >= 0.6 is 0 Å². The van der Waals surface area contributed by atoms with Crippen LogP contribution in [0.2, 0.25) is 0 Å². The van der Waals surface area contributed by atoms with E-state index in [2.05, 4.69) is 6.92 Å². The molecule has 2 unspecified atom stereocenters. The molecule has 2 aliphatic rings. The van der Waals surface area contributed by atoms with Gasteiger partial charge >= 0.3 is 0 Å². The van der Waals surface area contributed by atoms with Crippen molar-refractivity contribution in [2.75, 3.05) is 0 Å². The number of hydrogen-bond donors (Lipinski definition) is 0. The molecule has 0 amide bonds. The van der Waals surface area contributed by atoms with Gasteiger partial charge in [0.25, 0.3) is 0 Å². The quantitative estimate of drug-likeness (QED) is 0.522. The lowest BCUT2D eigenvalue weighted by Crippen LogP contribution is -1.95. The van der Waals surface area contributed by atoms with Crippen molar-refractivity contribution in [2.24, 2.45) is 17.8 Å². The third-order valence-electron chi connectivity index (χ3n) is 3.67. The van der Waals surface area contributed by atoms with Crippen LogP contribution < -0.4 is 0 Å². The summed E-state index contributed by atoms with van der Waals surface area (Å²) < 4.78 is 0. The Hall–Kier alpha value is 0.